The van der Waals surface area contributed by atoms with E-state index in [9.17, 15) is 13.2 Å². The highest BCUT2D eigenvalue weighted by Crippen LogP contribution is 2.49. The summed E-state index contributed by atoms with van der Waals surface area (Å²) in [5.41, 5.74) is 1.98. The second-order valence-electron chi connectivity index (χ2n) is 9.42. The lowest BCUT2D eigenvalue weighted by Crippen LogP contribution is -2.40. The number of sulfonamides is 1. The summed E-state index contributed by atoms with van der Waals surface area (Å²) in [6, 6.07) is 12.1. The average Bonchev–Trinajstić information content (AvgIpc) is 3.54. The molecule has 2 aliphatic carbocycles. The molecule has 6 nitrogen and oxygen atoms in total. The molecule has 1 heterocycles. The van der Waals surface area contributed by atoms with E-state index >= 15 is 0 Å². The number of carbonyl (C=O) groups is 1. The normalized spacial score (nSPS) is 24.9. The molecule has 0 saturated heterocycles. The van der Waals surface area contributed by atoms with Crippen molar-refractivity contribution in [2.45, 2.75) is 50.0 Å². The molecule has 0 radical (unpaired) electrons. The Bertz CT molecular complexity index is 1150. The van der Waals surface area contributed by atoms with Gasteiger partial charge < -0.3 is 10.1 Å². The van der Waals surface area contributed by atoms with Gasteiger partial charge in [-0.2, -0.15) is 0 Å². The first-order valence-corrected chi connectivity index (χ1v) is 12.9. The molecule has 170 valence electrons. The fraction of sp³-hybridized carbons (Fsp3) is 0.480. The minimum absolute atomic E-state index is 0.0493. The number of hydrogen-bond acceptors (Lipinski definition) is 4. The second-order valence-corrected chi connectivity index (χ2v) is 11.3. The maximum atomic E-state index is 13.4. The average molecular weight is 455 g/mol. The monoisotopic (exact) mass is 454 g/mol. The van der Waals surface area contributed by atoms with Crippen LogP contribution in [0.4, 0.5) is 5.69 Å². The van der Waals surface area contributed by atoms with Crippen LogP contribution in [-0.4, -0.2) is 34.0 Å². The fourth-order valence-corrected chi connectivity index (χ4v) is 7.54. The smallest absolute Gasteiger partial charge is 0.264 e. The van der Waals surface area contributed by atoms with Crippen molar-refractivity contribution in [3.05, 3.63) is 53.6 Å². The molecule has 2 fully saturated rings. The first kappa shape index (κ1) is 21.3. The Morgan fingerprint density at radius 3 is 2.69 bits per heavy atom. The van der Waals surface area contributed by atoms with Gasteiger partial charge in [-0.25, -0.2) is 8.42 Å². The zero-order valence-corrected chi connectivity index (χ0v) is 19.4. The molecule has 3 aliphatic rings. The summed E-state index contributed by atoms with van der Waals surface area (Å²) in [6.07, 6.45) is 5.70. The molecule has 1 amide bonds. The molecule has 2 bridgehead atoms. The zero-order valence-electron chi connectivity index (χ0n) is 18.6. The third-order valence-corrected chi connectivity index (χ3v) is 9.45. The number of methoxy groups -OCH3 is 1. The SMILES string of the molecule is COc1ccc(S(=O)(=O)N2CCc3ccccc32)cc1C(=O)NC(C)C1CC2CCC1C2. The van der Waals surface area contributed by atoms with Crippen molar-refractivity contribution in [2.24, 2.45) is 17.8 Å². The van der Waals surface area contributed by atoms with Crippen LogP contribution in [0.1, 0.15) is 48.5 Å². The fourth-order valence-electron chi connectivity index (χ4n) is 6.01. The highest BCUT2D eigenvalue weighted by Gasteiger charge is 2.42. The van der Waals surface area contributed by atoms with Crippen LogP contribution >= 0.6 is 0 Å². The van der Waals surface area contributed by atoms with E-state index in [1.54, 1.807) is 6.07 Å². The minimum atomic E-state index is -3.79. The van der Waals surface area contributed by atoms with Crippen LogP contribution in [0, 0.1) is 17.8 Å². The van der Waals surface area contributed by atoms with Crippen LogP contribution in [0.2, 0.25) is 0 Å². The van der Waals surface area contributed by atoms with Crippen molar-refractivity contribution in [2.75, 3.05) is 18.0 Å². The predicted octanol–water partition coefficient (Wildman–Crippen LogP) is 4.00. The molecule has 2 saturated carbocycles. The predicted molar refractivity (Wildman–Crippen MR) is 124 cm³/mol. The quantitative estimate of drug-likeness (QED) is 0.716. The summed E-state index contributed by atoms with van der Waals surface area (Å²) in [5.74, 6) is 2.09. The number of ether oxygens (including phenoxy) is 1. The van der Waals surface area contributed by atoms with E-state index in [4.69, 9.17) is 4.74 Å². The Balaban J connectivity index is 1.41. The van der Waals surface area contributed by atoms with Crippen LogP contribution in [0.5, 0.6) is 5.75 Å². The van der Waals surface area contributed by atoms with Crippen molar-refractivity contribution >= 4 is 21.6 Å². The number of fused-ring (bicyclic) bond motifs is 3. The van der Waals surface area contributed by atoms with Gasteiger partial charge in [-0.1, -0.05) is 24.6 Å². The topological polar surface area (TPSA) is 75.7 Å². The molecule has 2 aromatic rings. The van der Waals surface area contributed by atoms with Crippen LogP contribution in [0.15, 0.2) is 47.4 Å². The third kappa shape index (κ3) is 3.56. The van der Waals surface area contributed by atoms with Crippen molar-refractivity contribution in [1.29, 1.82) is 0 Å². The van der Waals surface area contributed by atoms with E-state index in [1.165, 1.54) is 49.2 Å². The molecular formula is C25H30N2O4S. The number of para-hydroxylation sites is 1. The highest BCUT2D eigenvalue weighted by molar-refractivity contribution is 7.92. The van der Waals surface area contributed by atoms with E-state index in [2.05, 4.69) is 12.2 Å². The van der Waals surface area contributed by atoms with E-state index in [-0.39, 0.29) is 22.4 Å². The number of hydrogen-bond donors (Lipinski definition) is 1. The molecule has 1 aliphatic heterocycles. The lowest BCUT2D eigenvalue weighted by atomic mass is 9.84. The molecule has 0 aromatic heterocycles. The van der Waals surface area contributed by atoms with Gasteiger partial charge >= 0.3 is 0 Å². The number of nitrogens with zero attached hydrogens (tertiary/aromatic N) is 1. The maximum Gasteiger partial charge on any atom is 0.264 e. The molecule has 4 atom stereocenters. The van der Waals surface area contributed by atoms with Crippen LogP contribution in [-0.2, 0) is 16.4 Å². The molecular weight excluding hydrogens is 424 g/mol. The first-order chi connectivity index (χ1) is 15.4. The molecule has 0 spiro atoms. The standard InChI is InChI=1S/C25H30N2O4S/c1-16(21-14-17-7-8-19(21)13-17)26-25(28)22-15-20(9-10-24(22)31-2)32(29,30)27-12-11-18-5-3-4-6-23(18)27/h3-6,9-10,15-17,19,21H,7-8,11-14H2,1-2H3,(H,26,28). The highest BCUT2D eigenvalue weighted by atomic mass is 32.2. The van der Waals surface area contributed by atoms with Gasteiger partial charge in [0.15, 0.2) is 0 Å². The zero-order chi connectivity index (χ0) is 22.5. The molecule has 32 heavy (non-hydrogen) atoms. The van der Waals surface area contributed by atoms with Crippen molar-refractivity contribution in [3.63, 3.8) is 0 Å². The number of nitrogens with one attached hydrogen (secondary N) is 1. The first-order valence-electron chi connectivity index (χ1n) is 11.5. The molecule has 4 unspecified atom stereocenters. The maximum absolute atomic E-state index is 13.4. The largest absolute Gasteiger partial charge is 0.496 e. The van der Waals surface area contributed by atoms with Gasteiger partial charge in [-0.15, -0.1) is 0 Å². The summed E-state index contributed by atoms with van der Waals surface area (Å²) in [5, 5.41) is 3.13. The van der Waals surface area contributed by atoms with Gasteiger partial charge in [0.2, 0.25) is 0 Å². The van der Waals surface area contributed by atoms with Crippen molar-refractivity contribution in [1.82, 2.24) is 5.32 Å². The Morgan fingerprint density at radius 1 is 1.16 bits per heavy atom. The minimum Gasteiger partial charge on any atom is -0.496 e. The molecule has 2 aromatic carbocycles. The van der Waals surface area contributed by atoms with Crippen LogP contribution in [0.25, 0.3) is 0 Å². The van der Waals surface area contributed by atoms with Gasteiger partial charge in [0.1, 0.15) is 5.75 Å². The number of anilines is 1. The van der Waals surface area contributed by atoms with Crippen LogP contribution < -0.4 is 14.4 Å². The third-order valence-electron chi connectivity index (χ3n) is 7.64. The number of benzene rings is 2. The number of amides is 1. The summed E-state index contributed by atoms with van der Waals surface area (Å²) in [7, 11) is -2.29. The van der Waals surface area contributed by atoms with Gasteiger partial charge in [-0.05, 0) is 80.2 Å². The summed E-state index contributed by atoms with van der Waals surface area (Å²) >= 11 is 0. The summed E-state index contributed by atoms with van der Waals surface area (Å²) < 4.78 is 33.7. The Morgan fingerprint density at radius 2 is 1.97 bits per heavy atom. The molecule has 5 rings (SSSR count). The van der Waals surface area contributed by atoms with Gasteiger partial charge in [-0.3, -0.25) is 9.10 Å². The van der Waals surface area contributed by atoms with E-state index in [0.717, 1.165) is 11.5 Å². The Kier molecular flexibility index (Phi) is 5.40. The Labute approximate surface area is 190 Å². The Hall–Kier alpha value is -2.54. The molecule has 1 N–H and O–H groups in total. The van der Waals surface area contributed by atoms with Crippen LogP contribution in [0.3, 0.4) is 0 Å². The lowest BCUT2D eigenvalue weighted by Gasteiger charge is -2.28. The number of rotatable bonds is 6. The van der Waals surface area contributed by atoms with Gasteiger partial charge in [0, 0.05) is 12.6 Å². The van der Waals surface area contributed by atoms with E-state index in [0.29, 0.717) is 36.2 Å². The van der Waals surface area contributed by atoms with Crippen molar-refractivity contribution < 1.29 is 17.9 Å². The van der Waals surface area contributed by atoms with E-state index < -0.39 is 10.0 Å². The van der Waals surface area contributed by atoms with Gasteiger partial charge in [0.05, 0.1) is 23.3 Å². The molecule has 7 heteroatoms. The summed E-state index contributed by atoms with van der Waals surface area (Å²) in [4.78, 5) is 13.3. The van der Waals surface area contributed by atoms with E-state index in [1.807, 2.05) is 24.3 Å². The number of carbonyl (C=O) groups excluding carboxylic acids is 1. The van der Waals surface area contributed by atoms with Gasteiger partial charge in [0.25, 0.3) is 15.9 Å². The second kappa shape index (κ2) is 8.10. The van der Waals surface area contributed by atoms with Crippen molar-refractivity contribution in [3.8, 4) is 5.75 Å². The summed E-state index contributed by atoms with van der Waals surface area (Å²) in [6.45, 7) is 2.47. The lowest BCUT2D eigenvalue weighted by molar-refractivity contribution is 0.0912.